The number of pyridine rings is 2. The number of rotatable bonds is 4. The molecule has 1 fully saturated rings. The lowest BCUT2D eigenvalue weighted by molar-refractivity contribution is -0.115. The van der Waals surface area contributed by atoms with E-state index in [0.29, 0.717) is 6.42 Å². The third-order valence-corrected chi connectivity index (χ3v) is 3.83. The quantitative estimate of drug-likeness (QED) is 0.942. The van der Waals surface area contributed by atoms with Crippen molar-refractivity contribution in [1.82, 2.24) is 9.97 Å². The number of hydrogen-bond acceptors (Lipinski definition) is 4. The van der Waals surface area contributed by atoms with Crippen LogP contribution in [0.5, 0.6) is 0 Å². The lowest BCUT2D eigenvalue weighted by Gasteiger charge is -2.27. The Morgan fingerprint density at radius 3 is 2.55 bits per heavy atom. The average molecular weight is 296 g/mol. The standard InChI is InChI=1S/C17H20N4O/c22-17(12-14-6-8-18-9-7-14)20-15-4-5-16(19-13-15)21-10-2-1-3-11-21/h4-9,13H,1-3,10-12H2,(H,20,22). The van der Waals surface area contributed by atoms with E-state index < -0.39 is 0 Å². The van der Waals surface area contributed by atoms with Crippen LogP contribution in [0, 0.1) is 0 Å². The van der Waals surface area contributed by atoms with E-state index in [0.717, 1.165) is 30.2 Å². The minimum absolute atomic E-state index is 0.0428. The lowest BCUT2D eigenvalue weighted by atomic mass is 10.1. The molecule has 1 N–H and O–H groups in total. The highest BCUT2D eigenvalue weighted by Gasteiger charge is 2.12. The van der Waals surface area contributed by atoms with Crippen LogP contribution in [-0.2, 0) is 11.2 Å². The molecule has 0 atom stereocenters. The maximum Gasteiger partial charge on any atom is 0.228 e. The third-order valence-electron chi connectivity index (χ3n) is 3.83. The van der Waals surface area contributed by atoms with E-state index in [1.54, 1.807) is 18.6 Å². The van der Waals surface area contributed by atoms with Gasteiger partial charge in [0.25, 0.3) is 0 Å². The maximum atomic E-state index is 12.0. The molecule has 0 aromatic carbocycles. The second-order valence-electron chi connectivity index (χ2n) is 5.53. The van der Waals surface area contributed by atoms with E-state index in [1.807, 2.05) is 24.3 Å². The van der Waals surface area contributed by atoms with Crippen molar-refractivity contribution < 1.29 is 4.79 Å². The van der Waals surface area contributed by atoms with Crippen LogP contribution in [0.25, 0.3) is 0 Å². The van der Waals surface area contributed by atoms with Gasteiger partial charge in [-0.2, -0.15) is 0 Å². The summed E-state index contributed by atoms with van der Waals surface area (Å²) in [5, 5.41) is 2.88. The Kier molecular flexibility index (Phi) is 4.63. The first-order chi connectivity index (χ1) is 10.8. The van der Waals surface area contributed by atoms with Gasteiger partial charge in [0, 0.05) is 25.5 Å². The predicted octanol–water partition coefficient (Wildman–Crippen LogP) is 2.65. The zero-order chi connectivity index (χ0) is 15.2. The molecule has 3 rings (SSSR count). The summed E-state index contributed by atoms with van der Waals surface area (Å²) in [5.74, 6) is 0.950. The highest BCUT2D eigenvalue weighted by atomic mass is 16.1. The molecule has 1 aliphatic rings. The summed E-state index contributed by atoms with van der Waals surface area (Å²) < 4.78 is 0. The molecular weight excluding hydrogens is 276 g/mol. The molecule has 0 unspecified atom stereocenters. The number of nitrogens with zero attached hydrogens (tertiary/aromatic N) is 3. The number of nitrogens with one attached hydrogen (secondary N) is 1. The molecule has 0 bridgehead atoms. The number of aromatic nitrogens is 2. The van der Waals surface area contributed by atoms with Crippen LogP contribution in [0.15, 0.2) is 42.9 Å². The minimum atomic E-state index is -0.0428. The van der Waals surface area contributed by atoms with Crippen molar-refractivity contribution in [2.75, 3.05) is 23.3 Å². The normalized spacial score (nSPS) is 14.6. The second kappa shape index (κ2) is 7.02. The first-order valence-electron chi connectivity index (χ1n) is 7.71. The van der Waals surface area contributed by atoms with Crippen LogP contribution < -0.4 is 10.2 Å². The zero-order valence-corrected chi connectivity index (χ0v) is 12.5. The largest absolute Gasteiger partial charge is 0.357 e. The highest BCUT2D eigenvalue weighted by molar-refractivity contribution is 5.92. The third kappa shape index (κ3) is 3.81. The fourth-order valence-electron chi connectivity index (χ4n) is 2.66. The van der Waals surface area contributed by atoms with E-state index in [9.17, 15) is 4.79 Å². The summed E-state index contributed by atoms with van der Waals surface area (Å²) >= 11 is 0. The monoisotopic (exact) mass is 296 g/mol. The van der Waals surface area contributed by atoms with Gasteiger partial charge < -0.3 is 10.2 Å². The van der Waals surface area contributed by atoms with Gasteiger partial charge in [-0.05, 0) is 49.1 Å². The number of carbonyl (C=O) groups excluding carboxylic acids is 1. The number of piperidine rings is 1. The Bertz CT molecular complexity index is 606. The Labute approximate surface area is 130 Å². The molecule has 2 aromatic heterocycles. The number of amides is 1. The SMILES string of the molecule is O=C(Cc1ccncc1)Nc1ccc(N2CCCCC2)nc1. The van der Waals surface area contributed by atoms with Gasteiger partial charge >= 0.3 is 0 Å². The van der Waals surface area contributed by atoms with Crippen molar-refractivity contribution in [3.8, 4) is 0 Å². The van der Waals surface area contributed by atoms with Gasteiger partial charge in [0.15, 0.2) is 0 Å². The summed E-state index contributed by atoms with van der Waals surface area (Å²) in [6.07, 6.45) is 9.22. The van der Waals surface area contributed by atoms with Gasteiger partial charge in [-0.1, -0.05) is 0 Å². The van der Waals surface area contributed by atoms with Crippen molar-refractivity contribution in [3.05, 3.63) is 48.4 Å². The predicted molar refractivity (Wildman–Crippen MR) is 86.9 cm³/mol. The van der Waals surface area contributed by atoms with E-state index in [1.165, 1.54) is 19.3 Å². The molecule has 2 aromatic rings. The molecule has 3 heterocycles. The second-order valence-corrected chi connectivity index (χ2v) is 5.53. The molecule has 1 aliphatic heterocycles. The molecule has 0 radical (unpaired) electrons. The molecule has 114 valence electrons. The molecule has 5 heteroatoms. The van der Waals surface area contributed by atoms with Gasteiger partial charge in [0.05, 0.1) is 18.3 Å². The average Bonchev–Trinajstić information content (AvgIpc) is 2.57. The Hall–Kier alpha value is -2.43. The Morgan fingerprint density at radius 2 is 1.86 bits per heavy atom. The van der Waals surface area contributed by atoms with Crippen molar-refractivity contribution in [3.63, 3.8) is 0 Å². The van der Waals surface area contributed by atoms with Crippen molar-refractivity contribution >= 4 is 17.4 Å². The van der Waals surface area contributed by atoms with E-state index in [4.69, 9.17) is 0 Å². The number of carbonyl (C=O) groups is 1. The van der Waals surface area contributed by atoms with Crippen LogP contribution in [0.1, 0.15) is 24.8 Å². The van der Waals surface area contributed by atoms with Crippen molar-refractivity contribution in [2.24, 2.45) is 0 Å². The number of hydrogen-bond donors (Lipinski definition) is 1. The first kappa shape index (κ1) is 14.5. The lowest BCUT2D eigenvalue weighted by Crippen LogP contribution is -2.30. The molecular formula is C17H20N4O. The van der Waals surface area contributed by atoms with Gasteiger partial charge in [-0.3, -0.25) is 9.78 Å². The van der Waals surface area contributed by atoms with Crippen molar-refractivity contribution in [2.45, 2.75) is 25.7 Å². The fourth-order valence-corrected chi connectivity index (χ4v) is 2.66. The summed E-state index contributed by atoms with van der Waals surface area (Å²) in [7, 11) is 0. The number of anilines is 2. The van der Waals surface area contributed by atoms with Crippen LogP contribution >= 0.6 is 0 Å². The van der Waals surface area contributed by atoms with Crippen LogP contribution in [0.3, 0.4) is 0 Å². The Morgan fingerprint density at radius 1 is 1.09 bits per heavy atom. The first-order valence-corrected chi connectivity index (χ1v) is 7.71. The molecule has 0 spiro atoms. The minimum Gasteiger partial charge on any atom is -0.357 e. The van der Waals surface area contributed by atoms with E-state index >= 15 is 0 Å². The smallest absolute Gasteiger partial charge is 0.228 e. The summed E-state index contributed by atoms with van der Waals surface area (Å²) in [6.45, 7) is 2.14. The van der Waals surface area contributed by atoms with Crippen LogP contribution in [-0.4, -0.2) is 29.0 Å². The maximum absolute atomic E-state index is 12.0. The fraction of sp³-hybridized carbons (Fsp3) is 0.353. The Balaban J connectivity index is 1.57. The molecule has 1 amide bonds. The van der Waals surface area contributed by atoms with E-state index in [-0.39, 0.29) is 5.91 Å². The zero-order valence-electron chi connectivity index (χ0n) is 12.5. The summed E-state index contributed by atoms with van der Waals surface area (Å²) in [4.78, 5) is 22.7. The van der Waals surface area contributed by atoms with Gasteiger partial charge in [-0.15, -0.1) is 0 Å². The molecule has 0 saturated carbocycles. The van der Waals surface area contributed by atoms with E-state index in [2.05, 4.69) is 20.2 Å². The molecule has 1 saturated heterocycles. The molecule has 0 aliphatic carbocycles. The summed E-state index contributed by atoms with van der Waals surface area (Å²) in [5.41, 5.74) is 1.69. The van der Waals surface area contributed by atoms with Crippen LogP contribution in [0.2, 0.25) is 0 Å². The topological polar surface area (TPSA) is 58.1 Å². The van der Waals surface area contributed by atoms with Crippen LogP contribution in [0.4, 0.5) is 11.5 Å². The van der Waals surface area contributed by atoms with Crippen molar-refractivity contribution in [1.29, 1.82) is 0 Å². The van der Waals surface area contributed by atoms with Gasteiger partial charge in [-0.25, -0.2) is 4.98 Å². The molecule has 5 nitrogen and oxygen atoms in total. The summed E-state index contributed by atoms with van der Waals surface area (Å²) in [6, 6.07) is 7.59. The highest BCUT2D eigenvalue weighted by Crippen LogP contribution is 2.19. The molecule has 22 heavy (non-hydrogen) atoms. The van der Waals surface area contributed by atoms with Gasteiger partial charge in [0.2, 0.25) is 5.91 Å². The van der Waals surface area contributed by atoms with Gasteiger partial charge in [0.1, 0.15) is 5.82 Å².